The molecule has 0 aliphatic heterocycles. The van der Waals surface area contributed by atoms with Gasteiger partial charge in [-0.2, -0.15) is 0 Å². The lowest BCUT2D eigenvalue weighted by Gasteiger charge is -2.58. The number of carbonyl (C=O) groups excluding carboxylic acids is 2. The highest BCUT2D eigenvalue weighted by Gasteiger charge is 2.61. The number of rotatable bonds is 5. The van der Waals surface area contributed by atoms with Crippen LogP contribution in [0.25, 0.3) is 0 Å². The molecule has 4 saturated carbocycles. The molecule has 0 unspecified atom stereocenters. The summed E-state index contributed by atoms with van der Waals surface area (Å²) in [5.74, 6) is 2.45. The molecule has 0 bridgehead atoms. The maximum atomic E-state index is 13.3. The van der Waals surface area contributed by atoms with E-state index in [1.807, 2.05) is 14.1 Å². The first-order valence-corrected chi connectivity index (χ1v) is 11.8. The maximum Gasteiger partial charge on any atom is 0.139 e. The second-order valence-corrected chi connectivity index (χ2v) is 10.9. The molecule has 0 radical (unpaired) electrons. The Labute approximate surface area is 181 Å². The van der Waals surface area contributed by atoms with Crippen LogP contribution in [0, 0.1) is 34.5 Å². The molecule has 4 fully saturated rings. The molecule has 0 N–H and O–H groups in total. The highest BCUT2D eigenvalue weighted by atomic mass is 16.6. The monoisotopic (exact) mass is 414 g/mol. The number of hydrogen-bond acceptors (Lipinski definition) is 5. The summed E-state index contributed by atoms with van der Waals surface area (Å²) in [7, 11) is 4.02. The molecule has 4 aliphatic carbocycles. The van der Waals surface area contributed by atoms with E-state index < -0.39 is 0 Å². The van der Waals surface area contributed by atoms with E-state index in [0.29, 0.717) is 42.3 Å². The summed E-state index contributed by atoms with van der Waals surface area (Å²) >= 11 is 0. The van der Waals surface area contributed by atoms with Crippen LogP contribution >= 0.6 is 0 Å². The Kier molecular flexibility index (Phi) is 5.95. The lowest BCUT2D eigenvalue weighted by atomic mass is 9.45. The zero-order valence-electron chi connectivity index (χ0n) is 19.2. The van der Waals surface area contributed by atoms with Crippen LogP contribution in [0.5, 0.6) is 0 Å². The van der Waals surface area contributed by atoms with Gasteiger partial charge in [-0.3, -0.25) is 9.59 Å². The van der Waals surface area contributed by atoms with Crippen LogP contribution in [0.3, 0.4) is 0 Å². The Morgan fingerprint density at radius 3 is 2.67 bits per heavy atom. The SMILES string of the molecule is CN(C)CCO/N=C\C=C1/CC[C@@]2(C)[C@H](C1)C(=O)C[C@@H]1[C@@H]2CC[C@]2(C)C(=O)CC[C@@H]12. The number of nitrogens with zero attached hydrogens (tertiary/aromatic N) is 2. The number of likely N-dealkylation sites (N-methyl/N-ethyl adjacent to an activating group) is 1. The normalized spacial score (nSPS) is 42.5. The van der Waals surface area contributed by atoms with Crippen LogP contribution in [-0.2, 0) is 14.4 Å². The van der Waals surface area contributed by atoms with Gasteiger partial charge in [0.1, 0.15) is 18.2 Å². The minimum absolute atomic E-state index is 0.0870. The van der Waals surface area contributed by atoms with Crippen LogP contribution < -0.4 is 0 Å². The Morgan fingerprint density at radius 2 is 1.90 bits per heavy atom. The third-order valence-corrected chi connectivity index (χ3v) is 9.14. The Balaban J connectivity index is 1.44. The minimum Gasteiger partial charge on any atom is -0.394 e. The van der Waals surface area contributed by atoms with E-state index in [2.05, 4.69) is 30.0 Å². The quantitative estimate of drug-likeness (QED) is 0.383. The molecule has 0 heterocycles. The largest absolute Gasteiger partial charge is 0.394 e. The predicted molar refractivity (Wildman–Crippen MR) is 118 cm³/mol. The van der Waals surface area contributed by atoms with Gasteiger partial charge in [-0.25, -0.2) is 0 Å². The molecule has 5 heteroatoms. The zero-order valence-corrected chi connectivity index (χ0v) is 19.2. The highest BCUT2D eigenvalue weighted by Crippen LogP contribution is 2.65. The molecule has 30 heavy (non-hydrogen) atoms. The fraction of sp³-hybridized carbons (Fsp3) is 0.800. The van der Waals surface area contributed by atoms with Crippen molar-refractivity contribution in [3.05, 3.63) is 11.6 Å². The Morgan fingerprint density at radius 1 is 1.10 bits per heavy atom. The minimum atomic E-state index is -0.159. The molecule has 4 aliphatic rings. The van der Waals surface area contributed by atoms with Gasteiger partial charge in [-0.05, 0) is 81.9 Å². The molecule has 166 valence electrons. The maximum absolute atomic E-state index is 13.3. The van der Waals surface area contributed by atoms with E-state index in [4.69, 9.17) is 4.84 Å². The molecule has 4 rings (SSSR count). The van der Waals surface area contributed by atoms with Gasteiger partial charge in [0.25, 0.3) is 0 Å². The standard InChI is InChI=1S/C25H38N2O3/c1-24-10-7-17(9-12-26-30-14-13-27(3)4)15-21(24)22(28)16-18-19-5-6-23(29)25(19,2)11-8-20(18)24/h9,12,18-21H,5-8,10-11,13-16H2,1-4H3/b17-9+,26-12-/t18-,19-,20-,21+,24+,25-/m0/s1. The van der Waals surface area contributed by atoms with Gasteiger partial charge in [-0.15, -0.1) is 0 Å². The van der Waals surface area contributed by atoms with E-state index in [0.717, 1.165) is 51.5 Å². The van der Waals surface area contributed by atoms with Crippen molar-refractivity contribution in [1.29, 1.82) is 0 Å². The van der Waals surface area contributed by atoms with E-state index in [1.54, 1.807) is 6.21 Å². The summed E-state index contributed by atoms with van der Waals surface area (Å²) in [5, 5.41) is 4.05. The van der Waals surface area contributed by atoms with Crippen LogP contribution in [0.4, 0.5) is 0 Å². The fourth-order valence-corrected chi connectivity index (χ4v) is 7.27. The van der Waals surface area contributed by atoms with Gasteiger partial charge in [0, 0.05) is 30.7 Å². The molecule has 6 atom stereocenters. The highest BCUT2D eigenvalue weighted by molar-refractivity contribution is 5.88. The molecular formula is C25H38N2O3. The first-order chi connectivity index (χ1) is 14.3. The van der Waals surface area contributed by atoms with Crippen molar-refractivity contribution in [3.63, 3.8) is 0 Å². The number of Topliss-reactive ketones (excluding diaryl/α,β-unsaturated/α-hetero) is 2. The number of hydrogen-bond donors (Lipinski definition) is 0. The van der Waals surface area contributed by atoms with Crippen LogP contribution in [0.2, 0.25) is 0 Å². The summed E-state index contributed by atoms with van der Waals surface area (Å²) in [6.45, 7) is 5.99. The topological polar surface area (TPSA) is 59.0 Å². The number of ketones is 2. The lowest BCUT2D eigenvalue weighted by molar-refractivity contribution is -0.153. The van der Waals surface area contributed by atoms with Crippen molar-refractivity contribution in [1.82, 2.24) is 4.90 Å². The first kappa shape index (κ1) is 21.7. The summed E-state index contributed by atoms with van der Waals surface area (Å²) in [4.78, 5) is 33.2. The van der Waals surface area contributed by atoms with Gasteiger partial charge < -0.3 is 9.74 Å². The molecule has 0 spiro atoms. The fourth-order valence-electron chi connectivity index (χ4n) is 7.27. The third kappa shape index (κ3) is 3.68. The van der Waals surface area contributed by atoms with Crippen LogP contribution in [0.15, 0.2) is 16.8 Å². The number of oxime groups is 1. The van der Waals surface area contributed by atoms with Gasteiger partial charge in [0.2, 0.25) is 0 Å². The van der Waals surface area contributed by atoms with Gasteiger partial charge in [0.05, 0.1) is 6.21 Å². The molecular weight excluding hydrogens is 376 g/mol. The van der Waals surface area contributed by atoms with E-state index in [9.17, 15) is 9.59 Å². The lowest BCUT2D eigenvalue weighted by Crippen LogP contribution is -2.56. The second kappa shape index (κ2) is 8.22. The van der Waals surface area contributed by atoms with Crippen molar-refractivity contribution < 1.29 is 14.4 Å². The first-order valence-electron chi connectivity index (χ1n) is 11.8. The molecule has 0 aromatic carbocycles. The molecule has 0 aromatic rings. The van der Waals surface area contributed by atoms with E-state index in [1.165, 1.54) is 5.57 Å². The molecule has 0 aromatic heterocycles. The summed E-state index contributed by atoms with van der Waals surface area (Å²) < 4.78 is 0. The van der Waals surface area contributed by atoms with E-state index >= 15 is 0 Å². The molecule has 0 saturated heterocycles. The second-order valence-electron chi connectivity index (χ2n) is 10.9. The average molecular weight is 415 g/mol. The van der Waals surface area contributed by atoms with E-state index in [-0.39, 0.29) is 16.7 Å². The Bertz CT molecular complexity index is 757. The number of carbonyl (C=O) groups is 2. The zero-order chi connectivity index (χ0) is 21.5. The van der Waals surface area contributed by atoms with Crippen molar-refractivity contribution in [2.75, 3.05) is 27.2 Å². The summed E-state index contributed by atoms with van der Waals surface area (Å²) in [6.07, 6.45) is 11.3. The number of allylic oxidation sites excluding steroid dienone is 2. The van der Waals surface area contributed by atoms with Gasteiger partial charge in [0.15, 0.2) is 0 Å². The van der Waals surface area contributed by atoms with Gasteiger partial charge in [-0.1, -0.05) is 24.6 Å². The summed E-state index contributed by atoms with van der Waals surface area (Å²) in [5.41, 5.74) is 1.25. The Hall–Kier alpha value is -1.49. The van der Waals surface area contributed by atoms with Crippen molar-refractivity contribution in [3.8, 4) is 0 Å². The van der Waals surface area contributed by atoms with Crippen molar-refractivity contribution in [2.24, 2.45) is 39.7 Å². The third-order valence-electron chi connectivity index (χ3n) is 9.14. The van der Waals surface area contributed by atoms with Crippen molar-refractivity contribution in [2.45, 2.75) is 65.2 Å². The number of fused-ring (bicyclic) bond motifs is 5. The van der Waals surface area contributed by atoms with Crippen LogP contribution in [0.1, 0.15) is 65.2 Å². The van der Waals surface area contributed by atoms with Crippen LogP contribution in [-0.4, -0.2) is 49.9 Å². The molecule has 5 nitrogen and oxygen atoms in total. The van der Waals surface area contributed by atoms with Gasteiger partial charge >= 0.3 is 0 Å². The summed E-state index contributed by atoms with van der Waals surface area (Å²) in [6, 6.07) is 0. The molecule has 0 amide bonds. The average Bonchev–Trinajstić information content (AvgIpc) is 3.00. The van der Waals surface area contributed by atoms with Crippen molar-refractivity contribution >= 4 is 17.8 Å². The smallest absolute Gasteiger partial charge is 0.139 e. The predicted octanol–water partition coefficient (Wildman–Crippen LogP) is 4.27.